The zero-order valence-corrected chi connectivity index (χ0v) is 27.6. The number of hydrogen-bond donors (Lipinski definition) is 1. The Hall–Kier alpha value is -6.93. The molecule has 0 amide bonds. The van der Waals surface area contributed by atoms with E-state index in [2.05, 4.69) is 190 Å². The molecule has 0 atom stereocenters. The lowest BCUT2D eigenvalue weighted by Crippen LogP contribution is -1.97. The van der Waals surface area contributed by atoms with Crippen LogP contribution in [0, 0.1) is 6.08 Å². The van der Waals surface area contributed by atoms with E-state index in [1.54, 1.807) is 0 Å². The predicted octanol–water partition coefficient (Wildman–Crippen LogP) is 12.5. The largest absolute Gasteiger partial charge is 0.354 e. The van der Waals surface area contributed by atoms with Gasteiger partial charge in [0.25, 0.3) is 0 Å². The molecule has 0 radical (unpaired) electrons. The van der Waals surface area contributed by atoms with Crippen molar-refractivity contribution in [2.75, 3.05) is 0 Å². The second-order valence-corrected chi connectivity index (χ2v) is 13.4. The summed E-state index contributed by atoms with van der Waals surface area (Å²) < 4.78 is 4.70. The molecule has 0 fully saturated rings. The molecule has 236 valence electrons. The highest BCUT2D eigenvalue weighted by atomic mass is 15.0. The van der Waals surface area contributed by atoms with Crippen molar-refractivity contribution in [3.63, 3.8) is 0 Å². The van der Waals surface area contributed by atoms with Gasteiger partial charge in [0, 0.05) is 49.7 Å². The van der Waals surface area contributed by atoms with E-state index in [4.69, 9.17) is 0 Å². The van der Waals surface area contributed by atoms with Crippen molar-refractivity contribution < 1.29 is 0 Å². The minimum atomic E-state index is 1.14. The third kappa shape index (κ3) is 4.23. The number of benzene rings is 7. The van der Waals surface area contributed by atoms with Crippen LogP contribution in [-0.2, 0) is 0 Å². The minimum absolute atomic E-state index is 1.14. The summed E-state index contributed by atoms with van der Waals surface area (Å²) in [4.78, 5) is 3.77. The first-order valence-electron chi connectivity index (χ1n) is 17.4. The number of aromatic nitrogens is 3. The predicted molar refractivity (Wildman–Crippen MR) is 215 cm³/mol. The van der Waals surface area contributed by atoms with Gasteiger partial charge in [-0.3, -0.25) is 4.57 Å². The number of H-pyrrole nitrogens is 1. The molecule has 11 rings (SSSR count). The van der Waals surface area contributed by atoms with E-state index in [9.17, 15) is 0 Å². The fraction of sp³-hybridized carbons (Fsp3) is 0. The van der Waals surface area contributed by atoms with Crippen molar-refractivity contribution >= 4 is 66.7 Å². The van der Waals surface area contributed by atoms with Crippen LogP contribution in [0.5, 0.6) is 0 Å². The normalized spacial score (nSPS) is 12.4. The Bertz CT molecular complexity index is 3060. The van der Waals surface area contributed by atoms with Gasteiger partial charge in [-0.25, -0.2) is 0 Å². The van der Waals surface area contributed by atoms with E-state index in [-0.39, 0.29) is 0 Å². The Labute approximate surface area is 294 Å². The topological polar surface area (TPSA) is 25.6 Å². The highest BCUT2D eigenvalue weighted by Gasteiger charge is 2.24. The van der Waals surface area contributed by atoms with Gasteiger partial charge in [-0.15, -0.1) is 0 Å². The van der Waals surface area contributed by atoms with Crippen molar-refractivity contribution in [1.29, 1.82) is 0 Å². The SMILES string of the molecule is [C+]1=Cc2c(c3cc(-c4ccc5c(c4)[nH]c4cc(-c6ccc7c(c6)c6ccccc6n7-c6ccccc6)ccc45)ccc3n2-c2ccccc2)C=C1. The van der Waals surface area contributed by atoms with Gasteiger partial charge in [-0.05, 0) is 89.0 Å². The molecule has 0 bridgehead atoms. The third-order valence-electron chi connectivity index (χ3n) is 10.6. The van der Waals surface area contributed by atoms with Gasteiger partial charge < -0.3 is 9.55 Å². The average Bonchev–Trinajstić information content (AvgIpc) is 3.85. The zero-order valence-electron chi connectivity index (χ0n) is 27.6. The second-order valence-electron chi connectivity index (χ2n) is 13.4. The van der Waals surface area contributed by atoms with Crippen LogP contribution < -0.4 is 0 Å². The molecule has 1 aliphatic rings. The van der Waals surface area contributed by atoms with E-state index in [1.165, 1.54) is 82.7 Å². The van der Waals surface area contributed by atoms with E-state index in [0.717, 1.165) is 16.7 Å². The molecule has 3 aromatic heterocycles. The number of fused-ring (bicyclic) bond motifs is 9. The highest BCUT2D eigenvalue weighted by Crippen LogP contribution is 2.39. The molecule has 0 saturated carbocycles. The Morgan fingerprint density at radius 3 is 1.63 bits per heavy atom. The molecule has 0 spiro atoms. The molecule has 51 heavy (non-hydrogen) atoms. The lowest BCUT2D eigenvalue weighted by Gasteiger charge is -2.08. The average molecular weight is 649 g/mol. The summed E-state index contributed by atoms with van der Waals surface area (Å²) in [5, 5.41) is 6.23. The molecule has 10 aromatic rings. The molecular formula is C48H30N3+. The first kappa shape index (κ1) is 28.0. The summed E-state index contributed by atoms with van der Waals surface area (Å²) in [5.74, 6) is 0. The van der Waals surface area contributed by atoms with Crippen LogP contribution in [0.15, 0.2) is 164 Å². The molecule has 0 aliphatic heterocycles. The highest BCUT2D eigenvalue weighted by molar-refractivity contribution is 6.12. The van der Waals surface area contributed by atoms with Crippen LogP contribution in [0.1, 0.15) is 11.3 Å². The zero-order chi connectivity index (χ0) is 33.5. The number of allylic oxidation sites excluding steroid dienone is 2. The third-order valence-corrected chi connectivity index (χ3v) is 10.6. The Morgan fingerprint density at radius 2 is 0.941 bits per heavy atom. The molecule has 3 heteroatoms. The van der Waals surface area contributed by atoms with E-state index in [0.29, 0.717) is 0 Å². The van der Waals surface area contributed by atoms with E-state index < -0.39 is 0 Å². The van der Waals surface area contributed by atoms with Crippen LogP contribution in [0.25, 0.3) is 100 Å². The Kier molecular flexibility index (Phi) is 5.91. The number of para-hydroxylation sites is 3. The standard InChI is InChI=1S/C48H30N3/c1-3-11-35(12-4-1)50-45-17-9-7-15-39(45)41-27-31(21-25-47(41)50)33-19-23-37-38-24-20-34(30-44(38)49-43(37)29-33)32-22-26-48-42(28-32)40-16-8-10-18-46(40)51(48)36-13-5-2-6-14-36/h1-9,11-30,49H/q+1. The van der Waals surface area contributed by atoms with Gasteiger partial charge in [0.15, 0.2) is 5.69 Å². The summed E-state index contributed by atoms with van der Waals surface area (Å²) >= 11 is 0. The van der Waals surface area contributed by atoms with Crippen LogP contribution in [-0.4, -0.2) is 14.1 Å². The van der Waals surface area contributed by atoms with Gasteiger partial charge >= 0.3 is 0 Å². The summed E-state index contributed by atoms with van der Waals surface area (Å²) in [6.45, 7) is 0. The summed E-state index contributed by atoms with van der Waals surface area (Å²) in [7, 11) is 0. The molecule has 3 nitrogen and oxygen atoms in total. The summed E-state index contributed by atoms with van der Waals surface area (Å²) in [5.41, 5.74) is 15.4. The number of rotatable bonds is 4. The maximum Gasteiger partial charge on any atom is 0.166 e. The summed E-state index contributed by atoms with van der Waals surface area (Å²) in [6, 6.07) is 57.3. The van der Waals surface area contributed by atoms with Crippen LogP contribution in [0.2, 0.25) is 0 Å². The smallest absolute Gasteiger partial charge is 0.166 e. The second kappa shape index (κ2) is 10.8. The molecule has 1 aliphatic carbocycles. The number of nitrogens with one attached hydrogen (secondary N) is 1. The number of hydrogen-bond acceptors (Lipinski definition) is 0. The number of aromatic amines is 1. The lowest BCUT2D eigenvalue weighted by atomic mass is 9.99. The van der Waals surface area contributed by atoms with Crippen molar-refractivity contribution in [2.45, 2.75) is 0 Å². The van der Waals surface area contributed by atoms with Gasteiger partial charge in [-0.2, -0.15) is 0 Å². The summed E-state index contributed by atoms with van der Waals surface area (Å²) in [6.07, 6.45) is 9.58. The first-order valence-corrected chi connectivity index (χ1v) is 17.4. The van der Waals surface area contributed by atoms with Gasteiger partial charge in [0.1, 0.15) is 17.7 Å². The molecule has 3 heterocycles. The molecule has 0 unspecified atom stereocenters. The first-order chi connectivity index (χ1) is 25.3. The minimum Gasteiger partial charge on any atom is -0.354 e. The van der Waals surface area contributed by atoms with Crippen molar-refractivity contribution in [1.82, 2.24) is 14.1 Å². The van der Waals surface area contributed by atoms with Crippen molar-refractivity contribution in [2.24, 2.45) is 0 Å². The van der Waals surface area contributed by atoms with E-state index >= 15 is 0 Å². The Morgan fingerprint density at radius 1 is 0.412 bits per heavy atom. The maximum atomic E-state index is 3.77. The fourth-order valence-corrected chi connectivity index (χ4v) is 8.22. The van der Waals surface area contributed by atoms with E-state index in [1.807, 2.05) is 6.08 Å². The number of nitrogens with zero attached hydrogens (tertiary/aromatic N) is 2. The van der Waals surface area contributed by atoms with Crippen molar-refractivity contribution in [3.8, 4) is 33.6 Å². The molecule has 0 saturated heterocycles. The lowest BCUT2D eigenvalue weighted by molar-refractivity contribution is 1.10. The van der Waals surface area contributed by atoms with Gasteiger partial charge in [-0.1, -0.05) is 91.0 Å². The molecular weight excluding hydrogens is 619 g/mol. The maximum absolute atomic E-state index is 3.77. The fourth-order valence-electron chi connectivity index (χ4n) is 8.22. The Balaban J connectivity index is 1.00. The molecule has 1 N–H and O–H groups in total. The molecule has 7 aromatic carbocycles. The van der Waals surface area contributed by atoms with Crippen LogP contribution in [0.4, 0.5) is 0 Å². The van der Waals surface area contributed by atoms with Crippen LogP contribution in [0.3, 0.4) is 0 Å². The van der Waals surface area contributed by atoms with Crippen molar-refractivity contribution in [3.05, 3.63) is 181 Å². The van der Waals surface area contributed by atoms with Gasteiger partial charge in [0.2, 0.25) is 0 Å². The monoisotopic (exact) mass is 648 g/mol. The van der Waals surface area contributed by atoms with Gasteiger partial charge in [0.05, 0.1) is 28.3 Å². The van der Waals surface area contributed by atoms with Crippen LogP contribution >= 0.6 is 0 Å². The quantitative estimate of drug-likeness (QED) is 0.184.